The highest BCUT2D eigenvalue weighted by atomic mass is 79.9. The molecule has 0 radical (unpaired) electrons. The van der Waals surface area contributed by atoms with Crippen molar-refractivity contribution in [2.24, 2.45) is 0 Å². The number of amides is 2. The monoisotopic (exact) mass is 405 g/mol. The first-order valence-electron chi connectivity index (χ1n) is 7.34. The van der Waals surface area contributed by atoms with Crippen molar-refractivity contribution < 1.29 is 14.5 Å². The van der Waals surface area contributed by atoms with Crippen molar-refractivity contribution in [1.82, 2.24) is 4.90 Å². The SMILES string of the molecule is Cc1cc(Br)ccc1NC(=O)CN(C)C(=O)c1ccccc1[N+](=O)[O-]. The van der Waals surface area contributed by atoms with Crippen LogP contribution >= 0.6 is 15.9 Å². The van der Waals surface area contributed by atoms with Gasteiger partial charge in [0.05, 0.1) is 11.5 Å². The second-order valence-electron chi connectivity index (χ2n) is 5.44. The van der Waals surface area contributed by atoms with Crippen molar-refractivity contribution in [2.45, 2.75) is 6.92 Å². The Morgan fingerprint density at radius 1 is 1.24 bits per heavy atom. The van der Waals surface area contributed by atoms with Gasteiger partial charge in [0.1, 0.15) is 5.56 Å². The molecule has 0 bridgehead atoms. The highest BCUT2D eigenvalue weighted by Crippen LogP contribution is 2.21. The molecule has 7 nitrogen and oxygen atoms in total. The van der Waals surface area contributed by atoms with Gasteiger partial charge in [0.25, 0.3) is 11.6 Å². The van der Waals surface area contributed by atoms with Crippen molar-refractivity contribution in [3.8, 4) is 0 Å². The molecular formula is C17H16BrN3O4. The van der Waals surface area contributed by atoms with Crippen LogP contribution < -0.4 is 5.32 Å². The van der Waals surface area contributed by atoms with Gasteiger partial charge in [-0.3, -0.25) is 19.7 Å². The zero-order chi connectivity index (χ0) is 18.6. The minimum absolute atomic E-state index is 0.0531. The molecule has 0 aliphatic rings. The number of carbonyl (C=O) groups excluding carboxylic acids is 2. The van der Waals surface area contributed by atoms with Gasteiger partial charge < -0.3 is 10.2 Å². The first kappa shape index (κ1) is 18.6. The number of para-hydroxylation sites is 1. The first-order valence-corrected chi connectivity index (χ1v) is 8.13. The standard InChI is InChI=1S/C17H16BrN3O4/c1-11-9-12(18)7-8-14(11)19-16(22)10-20(2)17(23)13-5-3-4-6-15(13)21(24)25/h3-9H,10H2,1-2H3,(H,19,22). The van der Waals surface area contributed by atoms with Crippen LogP contribution in [-0.4, -0.2) is 35.2 Å². The Balaban J connectivity index is 2.08. The second kappa shape index (κ2) is 7.89. The summed E-state index contributed by atoms with van der Waals surface area (Å²) in [6.45, 7) is 1.63. The van der Waals surface area contributed by atoms with Crippen molar-refractivity contribution in [3.63, 3.8) is 0 Å². The van der Waals surface area contributed by atoms with E-state index in [0.717, 1.165) is 14.9 Å². The number of hydrogen-bond donors (Lipinski definition) is 1. The maximum absolute atomic E-state index is 12.4. The van der Waals surface area contributed by atoms with Crippen LogP contribution in [0, 0.1) is 17.0 Å². The van der Waals surface area contributed by atoms with Crippen molar-refractivity contribution in [1.29, 1.82) is 0 Å². The van der Waals surface area contributed by atoms with Gasteiger partial charge in [-0.25, -0.2) is 0 Å². The molecule has 0 saturated heterocycles. The molecule has 0 spiro atoms. The average molecular weight is 406 g/mol. The third-order valence-electron chi connectivity index (χ3n) is 3.52. The van der Waals surface area contributed by atoms with E-state index in [-0.39, 0.29) is 23.7 Å². The number of nitrogens with zero attached hydrogens (tertiary/aromatic N) is 2. The summed E-state index contributed by atoms with van der Waals surface area (Å²) in [5.41, 5.74) is 1.17. The number of carbonyl (C=O) groups is 2. The summed E-state index contributed by atoms with van der Waals surface area (Å²) in [6.07, 6.45) is 0. The Hall–Kier alpha value is -2.74. The minimum Gasteiger partial charge on any atom is -0.332 e. The van der Waals surface area contributed by atoms with Crippen molar-refractivity contribution in [2.75, 3.05) is 18.9 Å². The van der Waals surface area contributed by atoms with Gasteiger partial charge in [-0.1, -0.05) is 28.1 Å². The lowest BCUT2D eigenvalue weighted by atomic mass is 10.1. The number of likely N-dealkylation sites (N-methyl/N-ethyl adjacent to an activating group) is 1. The van der Waals surface area contributed by atoms with Crippen molar-refractivity contribution >= 4 is 39.1 Å². The Kier molecular flexibility index (Phi) is 5.87. The van der Waals surface area contributed by atoms with Crippen LogP contribution in [0.15, 0.2) is 46.9 Å². The number of nitrogens with one attached hydrogen (secondary N) is 1. The van der Waals surface area contributed by atoms with Crippen LogP contribution in [0.5, 0.6) is 0 Å². The molecule has 0 aliphatic heterocycles. The van der Waals surface area contributed by atoms with E-state index >= 15 is 0 Å². The molecular weight excluding hydrogens is 390 g/mol. The van der Waals surface area contributed by atoms with Crippen LogP contribution in [0.3, 0.4) is 0 Å². The molecule has 0 fully saturated rings. The number of benzene rings is 2. The molecule has 0 heterocycles. The Labute approximate surface area is 152 Å². The predicted molar refractivity (Wildman–Crippen MR) is 97.6 cm³/mol. The highest BCUT2D eigenvalue weighted by Gasteiger charge is 2.23. The fraction of sp³-hybridized carbons (Fsp3) is 0.176. The topological polar surface area (TPSA) is 92.6 Å². The summed E-state index contributed by atoms with van der Waals surface area (Å²) in [6, 6.07) is 11.1. The third-order valence-corrected chi connectivity index (χ3v) is 4.01. The largest absolute Gasteiger partial charge is 0.332 e. The van der Waals surface area contributed by atoms with Gasteiger partial charge in [-0.15, -0.1) is 0 Å². The van der Waals surface area contributed by atoms with Crippen LogP contribution in [0.4, 0.5) is 11.4 Å². The van der Waals surface area contributed by atoms with E-state index in [1.165, 1.54) is 25.2 Å². The molecule has 0 unspecified atom stereocenters. The summed E-state index contributed by atoms with van der Waals surface area (Å²) in [4.78, 5) is 36.1. The third kappa shape index (κ3) is 4.63. The molecule has 1 N–H and O–H groups in total. The molecule has 130 valence electrons. The summed E-state index contributed by atoms with van der Waals surface area (Å²) >= 11 is 3.35. The number of anilines is 1. The molecule has 2 aromatic rings. The molecule has 8 heteroatoms. The summed E-state index contributed by atoms with van der Waals surface area (Å²) in [7, 11) is 1.42. The molecule has 0 atom stereocenters. The van der Waals surface area contributed by atoms with E-state index in [0.29, 0.717) is 5.69 Å². The first-order chi connectivity index (χ1) is 11.8. The molecule has 0 aromatic heterocycles. The van der Waals surface area contributed by atoms with Gasteiger partial charge in [-0.05, 0) is 36.8 Å². The van der Waals surface area contributed by atoms with Gasteiger partial charge in [0.15, 0.2) is 0 Å². The number of halogens is 1. The Bertz CT molecular complexity index is 838. The fourth-order valence-electron chi connectivity index (χ4n) is 2.26. The van der Waals surface area contributed by atoms with Gasteiger partial charge in [0.2, 0.25) is 5.91 Å². The Morgan fingerprint density at radius 3 is 2.56 bits per heavy atom. The lowest BCUT2D eigenvalue weighted by molar-refractivity contribution is -0.385. The zero-order valence-electron chi connectivity index (χ0n) is 13.7. The summed E-state index contributed by atoms with van der Waals surface area (Å²) < 4.78 is 0.895. The van der Waals surface area contributed by atoms with E-state index in [1.54, 1.807) is 18.2 Å². The number of aryl methyl sites for hydroxylation is 1. The zero-order valence-corrected chi connectivity index (χ0v) is 15.2. The van der Waals surface area contributed by atoms with Crippen LogP contribution in [0.25, 0.3) is 0 Å². The summed E-state index contributed by atoms with van der Waals surface area (Å²) in [5.74, 6) is -0.977. The average Bonchev–Trinajstić information content (AvgIpc) is 2.56. The van der Waals surface area contributed by atoms with E-state index in [4.69, 9.17) is 0 Å². The lowest BCUT2D eigenvalue weighted by Gasteiger charge is -2.17. The number of rotatable bonds is 5. The molecule has 2 amide bonds. The normalized spacial score (nSPS) is 10.2. The van der Waals surface area contributed by atoms with Gasteiger partial charge in [-0.2, -0.15) is 0 Å². The van der Waals surface area contributed by atoms with E-state index in [1.807, 2.05) is 13.0 Å². The lowest BCUT2D eigenvalue weighted by Crippen LogP contribution is -2.35. The van der Waals surface area contributed by atoms with Crippen LogP contribution in [0.2, 0.25) is 0 Å². The highest BCUT2D eigenvalue weighted by molar-refractivity contribution is 9.10. The molecule has 2 rings (SSSR count). The number of hydrogen-bond acceptors (Lipinski definition) is 4. The number of nitro benzene ring substituents is 1. The number of nitro groups is 1. The smallest absolute Gasteiger partial charge is 0.282 e. The molecule has 0 aliphatic carbocycles. The fourth-order valence-corrected chi connectivity index (χ4v) is 2.74. The maximum atomic E-state index is 12.4. The van der Waals surface area contributed by atoms with Gasteiger partial charge in [0, 0.05) is 23.3 Å². The van der Waals surface area contributed by atoms with Crippen LogP contribution in [-0.2, 0) is 4.79 Å². The maximum Gasteiger partial charge on any atom is 0.282 e. The quantitative estimate of drug-likeness (QED) is 0.609. The van der Waals surface area contributed by atoms with Crippen molar-refractivity contribution in [3.05, 3.63) is 68.2 Å². The predicted octanol–water partition coefficient (Wildman–Crippen LogP) is 3.38. The van der Waals surface area contributed by atoms with E-state index in [9.17, 15) is 19.7 Å². The van der Waals surface area contributed by atoms with Gasteiger partial charge >= 0.3 is 0 Å². The van der Waals surface area contributed by atoms with E-state index in [2.05, 4.69) is 21.2 Å². The molecule has 0 saturated carbocycles. The second-order valence-corrected chi connectivity index (χ2v) is 6.36. The Morgan fingerprint density at radius 2 is 1.92 bits per heavy atom. The summed E-state index contributed by atoms with van der Waals surface area (Å²) in [5, 5.41) is 13.8. The minimum atomic E-state index is -0.619. The molecule has 2 aromatic carbocycles. The van der Waals surface area contributed by atoms with Crippen LogP contribution in [0.1, 0.15) is 15.9 Å². The van der Waals surface area contributed by atoms with E-state index < -0.39 is 10.8 Å². The molecule has 25 heavy (non-hydrogen) atoms.